The van der Waals surface area contributed by atoms with Gasteiger partial charge >= 0.3 is 15.1 Å². The zero-order valence-electron chi connectivity index (χ0n) is 6.06. The normalized spacial score (nSPS) is 13.9. The van der Waals surface area contributed by atoms with Crippen LogP contribution in [0, 0.1) is 0 Å². The first kappa shape index (κ1) is 11.7. The maximum absolute atomic E-state index is 12.4. The molecular formula is C4H7FO5S2. The molecule has 0 saturated carbocycles. The van der Waals surface area contributed by atoms with E-state index in [-0.39, 0.29) is 6.61 Å². The van der Waals surface area contributed by atoms with Crippen LogP contribution in [0.1, 0.15) is 6.92 Å². The van der Waals surface area contributed by atoms with Crippen molar-refractivity contribution < 1.29 is 26.9 Å². The van der Waals surface area contributed by atoms with E-state index in [0.29, 0.717) is 0 Å². The van der Waals surface area contributed by atoms with Crippen LogP contribution in [-0.4, -0.2) is 31.1 Å². The third-order valence-corrected chi connectivity index (χ3v) is 2.52. The molecule has 0 radical (unpaired) electrons. The molecule has 0 rings (SSSR count). The van der Waals surface area contributed by atoms with E-state index in [4.69, 9.17) is 4.55 Å². The Morgan fingerprint density at radius 2 is 2.25 bits per heavy atom. The summed E-state index contributed by atoms with van der Waals surface area (Å²) in [4.78, 5) is 10.4. The van der Waals surface area contributed by atoms with Crippen LogP contribution in [0.25, 0.3) is 0 Å². The molecule has 12 heavy (non-hydrogen) atoms. The fraction of sp³-hybridized carbons (Fsp3) is 0.750. The van der Waals surface area contributed by atoms with Crippen molar-refractivity contribution in [1.82, 2.24) is 0 Å². The van der Waals surface area contributed by atoms with Crippen LogP contribution in [0.5, 0.6) is 0 Å². The van der Waals surface area contributed by atoms with Gasteiger partial charge in [-0.2, -0.15) is 8.42 Å². The van der Waals surface area contributed by atoms with E-state index in [1.807, 2.05) is 0 Å². The predicted octanol–water partition coefficient (Wildman–Crippen LogP) is 0.381. The number of rotatable bonds is 4. The molecule has 1 unspecified atom stereocenters. The molecule has 1 atom stereocenters. The standard InChI is InChI=1S/C4H7FO5S2/c1-2-10-4(6)3(5)11-12(7,8)9/h3H,2H2,1H3,(H,7,8,9). The Morgan fingerprint density at radius 1 is 1.75 bits per heavy atom. The molecule has 0 heterocycles. The van der Waals surface area contributed by atoms with Crippen molar-refractivity contribution >= 4 is 25.9 Å². The van der Waals surface area contributed by atoms with E-state index in [0.717, 1.165) is 0 Å². The first-order chi connectivity index (χ1) is 5.37. The Balaban J connectivity index is 4.05. The summed E-state index contributed by atoms with van der Waals surface area (Å²) in [5.41, 5.74) is -2.40. The predicted molar refractivity (Wildman–Crippen MR) is 40.7 cm³/mol. The highest BCUT2D eigenvalue weighted by Crippen LogP contribution is 2.19. The number of esters is 1. The Bertz CT molecular complexity index is 248. The number of halogens is 1. The first-order valence-electron chi connectivity index (χ1n) is 2.83. The second kappa shape index (κ2) is 4.63. The smallest absolute Gasteiger partial charge is 0.352 e. The van der Waals surface area contributed by atoms with Crippen molar-refractivity contribution in [3.8, 4) is 0 Å². The van der Waals surface area contributed by atoms with Crippen molar-refractivity contribution in [3.63, 3.8) is 0 Å². The van der Waals surface area contributed by atoms with Gasteiger partial charge in [-0.3, -0.25) is 4.55 Å². The van der Waals surface area contributed by atoms with Gasteiger partial charge in [0.25, 0.3) is 5.50 Å². The van der Waals surface area contributed by atoms with E-state index in [1.54, 1.807) is 0 Å². The molecule has 0 aliphatic carbocycles. The molecule has 0 bridgehead atoms. The fourth-order valence-electron chi connectivity index (χ4n) is 0.354. The second-order valence-electron chi connectivity index (χ2n) is 1.59. The largest absolute Gasteiger partial charge is 0.463 e. The summed E-state index contributed by atoms with van der Waals surface area (Å²) in [5.74, 6) is -1.32. The SMILES string of the molecule is CCOC(=O)C(F)SS(=O)(=O)O. The lowest BCUT2D eigenvalue weighted by atomic mass is 10.7. The van der Waals surface area contributed by atoms with Crippen molar-refractivity contribution in [2.75, 3.05) is 6.61 Å². The Hall–Kier alpha value is -0.340. The zero-order valence-corrected chi connectivity index (χ0v) is 7.69. The molecule has 8 heteroatoms. The molecule has 0 aliphatic heterocycles. The van der Waals surface area contributed by atoms with Gasteiger partial charge in [-0.15, -0.1) is 0 Å². The molecule has 0 aromatic heterocycles. The summed E-state index contributed by atoms with van der Waals surface area (Å²) in [7, 11) is -5.05. The van der Waals surface area contributed by atoms with Gasteiger partial charge in [0.15, 0.2) is 0 Å². The van der Waals surface area contributed by atoms with Crippen molar-refractivity contribution in [2.24, 2.45) is 0 Å². The lowest BCUT2D eigenvalue weighted by Gasteiger charge is -2.03. The van der Waals surface area contributed by atoms with Crippen molar-refractivity contribution in [1.29, 1.82) is 0 Å². The minimum absolute atomic E-state index is 0.0503. The highest BCUT2D eigenvalue weighted by atomic mass is 33.1. The summed E-state index contributed by atoms with van der Waals surface area (Å²) < 4.78 is 44.7. The van der Waals surface area contributed by atoms with Gasteiger partial charge in [0.2, 0.25) is 0 Å². The molecule has 1 N–H and O–H groups in total. The molecule has 0 spiro atoms. The van der Waals surface area contributed by atoms with Crippen LogP contribution in [-0.2, 0) is 18.7 Å². The lowest BCUT2D eigenvalue weighted by Crippen LogP contribution is -2.17. The maximum atomic E-state index is 12.4. The molecule has 0 amide bonds. The number of ether oxygens (including phenoxy) is 1. The Morgan fingerprint density at radius 3 is 2.58 bits per heavy atom. The summed E-state index contributed by atoms with van der Waals surface area (Å²) in [6.07, 6.45) is 0. The first-order valence-corrected chi connectivity index (χ1v) is 5.67. The van der Waals surface area contributed by atoms with E-state index in [1.165, 1.54) is 6.92 Å². The molecule has 72 valence electrons. The topological polar surface area (TPSA) is 80.7 Å². The highest BCUT2D eigenvalue weighted by Gasteiger charge is 2.25. The molecule has 5 nitrogen and oxygen atoms in total. The fourth-order valence-corrected chi connectivity index (χ4v) is 1.59. The zero-order chi connectivity index (χ0) is 9.78. The van der Waals surface area contributed by atoms with E-state index < -0.39 is 31.4 Å². The average molecular weight is 218 g/mol. The second-order valence-corrected chi connectivity index (χ2v) is 4.89. The minimum atomic E-state index is -4.55. The number of hydrogen-bond acceptors (Lipinski definition) is 5. The Labute approximate surface area is 72.4 Å². The minimum Gasteiger partial charge on any atom is -0.463 e. The third kappa shape index (κ3) is 5.33. The number of alkyl halides is 1. The van der Waals surface area contributed by atoms with Gasteiger partial charge in [-0.1, -0.05) is 0 Å². The number of carbonyl (C=O) groups is 1. The molecule has 0 aliphatic rings. The molecule has 0 fully saturated rings. The van der Waals surface area contributed by atoms with E-state index in [9.17, 15) is 17.6 Å². The average Bonchev–Trinajstić information content (AvgIpc) is 1.84. The summed E-state index contributed by atoms with van der Waals surface area (Å²) in [6.45, 7) is 1.40. The number of hydrogen-bond donors (Lipinski definition) is 1. The lowest BCUT2D eigenvalue weighted by molar-refractivity contribution is -0.145. The van der Waals surface area contributed by atoms with Crippen LogP contribution in [0.15, 0.2) is 0 Å². The van der Waals surface area contributed by atoms with E-state index in [2.05, 4.69) is 4.74 Å². The van der Waals surface area contributed by atoms with Crippen molar-refractivity contribution in [2.45, 2.75) is 12.4 Å². The Kier molecular flexibility index (Phi) is 4.50. The van der Waals surface area contributed by atoms with Gasteiger partial charge < -0.3 is 4.74 Å². The van der Waals surface area contributed by atoms with Gasteiger partial charge in [0, 0.05) is 10.8 Å². The maximum Gasteiger partial charge on any atom is 0.352 e. The van der Waals surface area contributed by atoms with Gasteiger partial charge in [0.05, 0.1) is 6.61 Å². The highest BCUT2D eigenvalue weighted by molar-refractivity contribution is 8.70. The molecule has 0 aromatic rings. The van der Waals surface area contributed by atoms with Gasteiger partial charge in [0.1, 0.15) is 0 Å². The monoisotopic (exact) mass is 218 g/mol. The quantitative estimate of drug-likeness (QED) is 0.417. The summed E-state index contributed by atoms with van der Waals surface area (Å²) in [6, 6.07) is 0. The van der Waals surface area contributed by atoms with Crippen LogP contribution in [0.3, 0.4) is 0 Å². The van der Waals surface area contributed by atoms with E-state index >= 15 is 0 Å². The molecule has 0 saturated heterocycles. The van der Waals surface area contributed by atoms with Crippen LogP contribution in [0.4, 0.5) is 4.39 Å². The van der Waals surface area contributed by atoms with Gasteiger partial charge in [-0.25, -0.2) is 9.18 Å². The third-order valence-electron chi connectivity index (χ3n) is 0.678. The summed E-state index contributed by atoms with van der Waals surface area (Å²) >= 11 is 0. The van der Waals surface area contributed by atoms with Crippen LogP contribution >= 0.6 is 10.8 Å². The summed E-state index contributed by atoms with van der Waals surface area (Å²) in [5, 5.41) is 0. The van der Waals surface area contributed by atoms with Gasteiger partial charge in [-0.05, 0) is 6.92 Å². The van der Waals surface area contributed by atoms with Crippen molar-refractivity contribution in [3.05, 3.63) is 0 Å². The van der Waals surface area contributed by atoms with Crippen LogP contribution < -0.4 is 0 Å². The molecule has 0 aromatic carbocycles. The number of carbonyl (C=O) groups excluding carboxylic acids is 1. The molecular weight excluding hydrogens is 211 g/mol. The van der Waals surface area contributed by atoms with Crippen LogP contribution in [0.2, 0.25) is 0 Å².